The second-order valence-electron chi connectivity index (χ2n) is 11.6. The number of likely N-dealkylation sites (N-methyl/N-ethyl adjacent to an activating group) is 1. The average molecular weight is 521 g/mol. The fourth-order valence-electron chi connectivity index (χ4n) is 5.40. The monoisotopic (exact) mass is 520 g/mol. The molecule has 3 aromatic rings. The predicted octanol–water partition coefficient (Wildman–Crippen LogP) is 4.77. The van der Waals surface area contributed by atoms with Crippen molar-refractivity contribution in [2.75, 3.05) is 21.1 Å². The normalized spacial score (nSPS) is 19.2. The van der Waals surface area contributed by atoms with E-state index in [1.807, 2.05) is 24.3 Å². The smallest absolute Gasteiger partial charge is 0.261 e. The van der Waals surface area contributed by atoms with Crippen LogP contribution < -0.4 is 10.4 Å². The maximum absolute atomic E-state index is 13.8. The molecule has 190 valence electrons. The molecule has 2 atom stereocenters. The SMILES string of the molecule is CC(C)(C)[Si](O[C@H]1C=C(S(=O)(=O)c2ccccc2)[C@@H]([N+](C)(C)C)C1)(c1ccccc1)c1ccccc1. The number of hydrogen-bond donors (Lipinski definition) is 0. The highest BCUT2D eigenvalue weighted by molar-refractivity contribution is 7.95. The van der Waals surface area contributed by atoms with E-state index in [4.69, 9.17) is 4.43 Å². The van der Waals surface area contributed by atoms with E-state index in [1.54, 1.807) is 24.3 Å². The summed E-state index contributed by atoms with van der Waals surface area (Å²) in [6.07, 6.45) is 2.21. The molecule has 4 rings (SSSR count). The van der Waals surface area contributed by atoms with E-state index in [2.05, 4.69) is 90.4 Å². The van der Waals surface area contributed by atoms with Crippen molar-refractivity contribution in [2.24, 2.45) is 0 Å². The van der Waals surface area contributed by atoms with Gasteiger partial charge in [0.15, 0.2) is 0 Å². The minimum absolute atomic E-state index is 0.184. The predicted molar refractivity (Wildman–Crippen MR) is 151 cm³/mol. The highest BCUT2D eigenvalue weighted by atomic mass is 32.2. The summed E-state index contributed by atoms with van der Waals surface area (Å²) in [5, 5.41) is 2.20. The van der Waals surface area contributed by atoms with Gasteiger partial charge in [-0.1, -0.05) is 99.6 Å². The first-order valence-corrected chi connectivity index (χ1v) is 15.9. The molecule has 0 fully saturated rings. The molecule has 4 nitrogen and oxygen atoms in total. The molecule has 36 heavy (non-hydrogen) atoms. The molecule has 3 aromatic carbocycles. The van der Waals surface area contributed by atoms with Crippen LogP contribution in [0.25, 0.3) is 0 Å². The minimum Gasteiger partial charge on any atom is -0.401 e. The third-order valence-corrected chi connectivity index (χ3v) is 14.2. The zero-order valence-electron chi connectivity index (χ0n) is 22.2. The summed E-state index contributed by atoms with van der Waals surface area (Å²) in [5.41, 5.74) is 0. The van der Waals surface area contributed by atoms with Crippen molar-refractivity contribution in [1.29, 1.82) is 0 Å². The Kier molecular flexibility index (Phi) is 7.19. The third kappa shape index (κ3) is 4.87. The van der Waals surface area contributed by atoms with Gasteiger partial charge in [0.05, 0.1) is 32.1 Å². The lowest BCUT2D eigenvalue weighted by Gasteiger charge is -2.44. The van der Waals surface area contributed by atoms with Gasteiger partial charge >= 0.3 is 0 Å². The van der Waals surface area contributed by atoms with Crippen LogP contribution in [-0.2, 0) is 14.3 Å². The molecule has 0 aliphatic heterocycles. The van der Waals surface area contributed by atoms with Crippen LogP contribution in [0.1, 0.15) is 27.2 Å². The molecule has 0 spiro atoms. The average Bonchev–Trinajstić information content (AvgIpc) is 3.29. The number of benzene rings is 3. The van der Waals surface area contributed by atoms with Gasteiger partial charge in [0.25, 0.3) is 8.32 Å². The van der Waals surface area contributed by atoms with E-state index < -0.39 is 18.2 Å². The molecule has 0 aromatic heterocycles. The molecular formula is C30H38NO3SSi+. The van der Waals surface area contributed by atoms with E-state index in [0.717, 1.165) is 0 Å². The molecule has 6 heteroatoms. The van der Waals surface area contributed by atoms with E-state index in [9.17, 15) is 8.42 Å². The first kappa shape index (κ1) is 26.5. The molecule has 0 saturated heterocycles. The third-order valence-electron chi connectivity index (χ3n) is 7.18. The molecule has 0 bridgehead atoms. The van der Waals surface area contributed by atoms with Gasteiger partial charge in [-0.25, -0.2) is 8.42 Å². The van der Waals surface area contributed by atoms with Crippen molar-refractivity contribution < 1.29 is 17.3 Å². The summed E-state index contributed by atoms with van der Waals surface area (Å²) in [6.45, 7) is 6.74. The highest BCUT2D eigenvalue weighted by Gasteiger charge is 2.53. The van der Waals surface area contributed by atoms with E-state index in [1.165, 1.54) is 10.4 Å². The summed E-state index contributed by atoms with van der Waals surface area (Å²) in [7, 11) is -0.281. The van der Waals surface area contributed by atoms with Crippen molar-refractivity contribution >= 4 is 28.5 Å². The Labute approximate surface area is 217 Å². The van der Waals surface area contributed by atoms with Crippen molar-refractivity contribution in [3.63, 3.8) is 0 Å². The number of hydrogen-bond acceptors (Lipinski definition) is 3. The van der Waals surface area contributed by atoms with Crippen molar-refractivity contribution in [3.05, 3.63) is 102 Å². The van der Waals surface area contributed by atoms with Crippen molar-refractivity contribution in [1.82, 2.24) is 0 Å². The van der Waals surface area contributed by atoms with Crippen LogP contribution in [-0.4, -0.2) is 54.5 Å². The van der Waals surface area contributed by atoms with Crippen LogP contribution in [0.15, 0.2) is 107 Å². The Morgan fingerprint density at radius 3 is 1.64 bits per heavy atom. The number of nitrogens with zero attached hydrogens (tertiary/aromatic N) is 1. The van der Waals surface area contributed by atoms with Gasteiger partial charge in [-0.15, -0.1) is 0 Å². The molecule has 1 aliphatic carbocycles. The van der Waals surface area contributed by atoms with Gasteiger partial charge in [-0.05, 0) is 33.6 Å². The largest absolute Gasteiger partial charge is 0.401 e. The molecule has 0 N–H and O–H groups in total. The zero-order valence-corrected chi connectivity index (χ0v) is 24.0. The van der Waals surface area contributed by atoms with Gasteiger partial charge in [0.2, 0.25) is 9.84 Å². The van der Waals surface area contributed by atoms with E-state index in [0.29, 0.717) is 20.7 Å². The standard InChI is InChI=1S/C30H38NO3SSi/c1-30(2,3)36(26-18-12-8-13-19-26,27-20-14-9-15-21-27)34-24-22-28(31(4,5)6)29(23-24)35(32,33)25-16-10-7-11-17-25/h7-21,23-24,28H,22H2,1-6H3/q+1/t24-,28+/m1/s1. The number of quaternary nitrogens is 1. The summed E-state index contributed by atoms with van der Waals surface area (Å²) in [4.78, 5) is 0.796. The fourth-order valence-corrected chi connectivity index (χ4v) is 11.9. The number of sulfone groups is 1. The van der Waals surface area contributed by atoms with Crippen LogP contribution in [0.2, 0.25) is 5.04 Å². The quantitative estimate of drug-likeness (QED) is 0.333. The van der Waals surface area contributed by atoms with Crippen molar-refractivity contribution in [3.8, 4) is 0 Å². The molecule has 0 heterocycles. The number of rotatable bonds is 7. The van der Waals surface area contributed by atoms with Crippen LogP contribution in [0, 0.1) is 0 Å². The van der Waals surface area contributed by atoms with Crippen LogP contribution in [0.3, 0.4) is 0 Å². The lowest BCUT2D eigenvalue weighted by atomic mass is 10.2. The summed E-state index contributed by atoms with van der Waals surface area (Å²) < 4.78 is 35.5. The molecule has 0 saturated carbocycles. The molecule has 0 unspecified atom stereocenters. The van der Waals surface area contributed by atoms with Gasteiger partial charge in [-0.2, -0.15) is 0 Å². The lowest BCUT2D eigenvalue weighted by Crippen LogP contribution is -2.67. The van der Waals surface area contributed by atoms with Gasteiger partial charge < -0.3 is 8.91 Å². The maximum Gasteiger partial charge on any atom is 0.261 e. The maximum atomic E-state index is 13.8. The van der Waals surface area contributed by atoms with Gasteiger partial charge in [0.1, 0.15) is 10.9 Å². The highest BCUT2D eigenvalue weighted by Crippen LogP contribution is 2.41. The van der Waals surface area contributed by atoms with Gasteiger partial charge in [0, 0.05) is 6.42 Å². The van der Waals surface area contributed by atoms with Crippen LogP contribution in [0.4, 0.5) is 0 Å². The summed E-state index contributed by atoms with van der Waals surface area (Å²) >= 11 is 0. The first-order valence-electron chi connectivity index (χ1n) is 12.5. The topological polar surface area (TPSA) is 43.4 Å². The molecular weight excluding hydrogens is 482 g/mol. The second-order valence-corrected chi connectivity index (χ2v) is 17.8. The molecule has 0 radical (unpaired) electrons. The molecule has 0 amide bonds. The Bertz CT molecular complexity index is 1270. The first-order chi connectivity index (χ1) is 16.9. The Balaban J connectivity index is 1.87. The Hall–Kier alpha value is -2.51. The lowest BCUT2D eigenvalue weighted by molar-refractivity contribution is -0.889. The molecule has 1 aliphatic rings. The van der Waals surface area contributed by atoms with E-state index in [-0.39, 0.29) is 17.2 Å². The second kappa shape index (κ2) is 9.75. The van der Waals surface area contributed by atoms with Crippen LogP contribution >= 0.6 is 0 Å². The van der Waals surface area contributed by atoms with Crippen molar-refractivity contribution in [2.45, 2.75) is 49.3 Å². The Morgan fingerprint density at radius 1 is 0.778 bits per heavy atom. The minimum atomic E-state index is -3.64. The Morgan fingerprint density at radius 2 is 1.22 bits per heavy atom. The fraction of sp³-hybridized carbons (Fsp3) is 0.333. The van der Waals surface area contributed by atoms with E-state index >= 15 is 0 Å². The van der Waals surface area contributed by atoms with Crippen LogP contribution in [0.5, 0.6) is 0 Å². The summed E-state index contributed by atoms with van der Waals surface area (Å²) in [5.74, 6) is 0. The summed E-state index contributed by atoms with van der Waals surface area (Å²) in [6, 6.07) is 29.6. The van der Waals surface area contributed by atoms with Gasteiger partial charge in [-0.3, -0.25) is 0 Å². The zero-order chi connectivity index (χ0) is 26.2.